The molecule has 0 unspecified atom stereocenters. The average Bonchev–Trinajstić information content (AvgIpc) is 2.74. The summed E-state index contributed by atoms with van der Waals surface area (Å²) in [5, 5.41) is 0.959. The minimum atomic E-state index is -0.274. The molecule has 1 aromatic heterocycles. The van der Waals surface area contributed by atoms with Crippen LogP contribution in [0.25, 0.3) is 10.9 Å². The number of esters is 1. The molecular formula is C15H18INO2. The van der Waals surface area contributed by atoms with Gasteiger partial charge in [0.2, 0.25) is 0 Å². The number of halogens is 1. The molecular weight excluding hydrogens is 353 g/mol. The van der Waals surface area contributed by atoms with Crippen molar-refractivity contribution in [1.82, 2.24) is 4.57 Å². The Morgan fingerprint density at radius 3 is 2.68 bits per heavy atom. The van der Waals surface area contributed by atoms with E-state index in [1.54, 1.807) is 0 Å². The second-order valence-electron chi connectivity index (χ2n) is 5.21. The molecule has 0 radical (unpaired) electrons. The van der Waals surface area contributed by atoms with E-state index in [-0.39, 0.29) is 9.39 Å². The molecule has 19 heavy (non-hydrogen) atoms. The monoisotopic (exact) mass is 371 g/mol. The lowest BCUT2D eigenvalue weighted by molar-refractivity contribution is 0.0602. The van der Waals surface area contributed by atoms with Crippen molar-refractivity contribution < 1.29 is 9.53 Å². The van der Waals surface area contributed by atoms with Crippen molar-refractivity contribution in [3.05, 3.63) is 36.0 Å². The minimum Gasteiger partial charge on any atom is -0.465 e. The zero-order valence-electron chi connectivity index (χ0n) is 11.4. The van der Waals surface area contributed by atoms with Crippen LogP contribution in [0.3, 0.4) is 0 Å². The van der Waals surface area contributed by atoms with Crippen LogP contribution in [0.1, 0.15) is 30.6 Å². The van der Waals surface area contributed by atoms with E-state index in [1.165, 1.54) is 7.11 Å². The molecule has 1 heterocycles. The fraction of sp³-hybridized carbons (Fsp3) is 0.400. The lowest BCUT2D eigenvalue weighted by Gasteiger charge is -2.16. The third-order valence-corrected chi connectivity index (χ3v) is 3.68. The molecule has 0 saturated carbocycles. The summed E-state index contributed by atoms with van der Waals surface area (Å²) in [6, 6.07) is 7.95. The van der Waals surface area contributed by atoms with Gasteiger partial charge in [-0.25, -0.2) is 4.79 Å². The van der Waals surface area contributed by atoms with Crippen molar-refractivity contribution in [3.63, 3.8) is 0 Å². The zero-order valence-corrected chi connectivity index (χ0v) is 13.6. The smallest absolute Gasteiger partial charge is 0.340 e. The largest absolute Gasteiger partial charge is 0.465 e. The van der Waals surface area contributed by atoms with Gasteiger partial charge in [0.25, 0.3) is 0 Å². The number of para-hydroxylation sites is 1. The normalized spacial score (nSPS) is 11.8. The molecule has 2 aromatic rings. The fourth-order valence-corrected chi connectivity index (χ4v) is 2.33. The zero-order chi connectivity index (χ0) is 14.0. The van der Waals surface area contributed by atoms with Gasteiger partial charge in [-0.15, -0.1) is 0 Å². The van der Waals surface area contributed by atoms with E-state index in [2.05, 4.69) is 41.0 Å². The van der Waals surface area contributed by atoms with Gasteiger partial charge >= 0.3 is 5.97 Å². The number of carbonyl (C=O) groups is 1. The summed E-state index contributed by atoms with van der Waals surface area (Å²) in [7, 11) is 1.42. The molecule has 0 N–H and O–H groups in total. The number of aryl methyl sites for hydroxylation is 1. The number of carbonyl (C=O) groups excluding carboxylic acids is 1. The van der Waals surface area contributed by atoms with Gasteiger partial charge in [-0.1, -0.05) is 54.6 Å². The predicted molar refractivity (Wildman–Crippen MR) is 86.0 cm³/mol. The standard InChI is InChI=1S/C15H18INO2/c1-15(2,16)8-9-17-10-12(14(18)19-3)11-6-4-5-7-13(11)17/h4-7,10H,8-9H2,1-3H3. The Labute approximate surface area is 127 Å². The summed E-state index contributed by atoms with van der Waals surface area (Å²) in [6.45, 7) is 5.31. The van der Waals surface area contributed by atoms with Crippen LogP contribution in [0, 0.1) is 0 Å². The van der Waals surface area contributed by atoms with E-state index < -0.39 is 0 Å². The maximum Gasteiger partial charge on any atom is 0.340 e. The van der Waals surface area contributed by atoms with Crippen LogP contribution in [0.5, 0.6) is 0 Å². The fourth-order valence-electron chi connectivity index (χ4n) is 2.09. The molecule has 1 aromatic carbocycles. The maximum atomic E-state index is 11.8. The molecule has 0 amide bonds. The summed E-state index contributed by atoms with van der Waals surface area (Å²) in [5.41, 5.74) is 1.73. The number of ether oxygens (including phenoxy) is 1. The van der Waals surface area contributed by atoms with Crippen molar-refractivity contribution in [2.75, 3.05) is 7.11 Å². The third kappa shape index (κ3) is 3.29. The van der Waals surface area contributed by atoms with Gasteiger partial charge < -0.3 is 9.30 Å². The number of alkyl halides is 1. The summed E-state index contributed by atoms with van der Waals surface area (Å²) < 4.78 is 7.23. The van der Waals surface area contributed by atoms with E-state index in [9.17, 15) is 4.79 Å². The number of hydrogen-bond donors (Lipinski definition) is 0. The van der Waals surface area contributed by atoms with E-state index in [1.807, 2.05) is 30.5 Å². The Morgan fingerprint density at radius 2 is 2.05 bits per heavy atom. The van der Waals surface area contributed by atoms with Gasteiger partial charge in [0.15, 0.2) is 0 Å². The van der Waals surface area contributed by atoms with E-state index >= 15 is 0 Å². The Balaban J connectivity index is 2.42. The van der Waals surface area contributed by atoms with Crippen LogP contribution in [0.2, 0.25) is 0 Å². The van der Waals surface area contributed by atoms with Crippen LogP contribution in [-0.4, -0.2) is 21.1 Å². The SMILES string of the molecule is COC(=O)c1cn(CCC(C)(C)I)c2ccccc12. The van der Waals surface area contributed by atoms with Gasteiger partial charge in [0, 0.05) is 27.1 Å². The van der Waals surface area contributed by atoms with E-state index in [0.29, 0.717) is 5.56 Å². The highest BCUT2D eigenvalue weighted by atomic mass is 127. The Hall–Kier alpha value is -1.04. The van der Waals surface area contributed by atoms with Crippen molar-refractivity contribution in [3.8, 4) is 0 Å². The lowest BCUT2D eigenvalue weighted by Crippen LogP contribution is -2.13. The molecule has 0 aliphatic heterocycles. The van der Waals surface area contributed by atoms with Crippen LogP contribution >= 0.6 is 22.6 Å². The van der Waals surface area contributed by atoms with Gasteiger partial charge in [-0.3, -0.25) is 0 Å². The molecule has 2 rings (SSSR count). The first-order chi connectivity index (χ1) is 8.92. The van der Waals surface area contributed by atoms with Crippen LogP contribution in [0.15, 0.2) is 30.5 Å². The molecule has 0 atom stereocenters. The molecule has 4 heteroatoms. The number of fused-ring (bicyclic) bond motifs is 1. The number of aromatic nitrogens is 1. The highest BCUT2D eigenvalue weighted by molar-refractivity contribution is 14.1. The second kappa shape index (κ2) is 5.53. The second-order valence-corrected chi connectivity index (χ2v) is 8.13. The summed E-state index contributed by atoms with van der Waals surface area (Å²) >= 11 is 2.45. The summed E-state index contributed by atoms with van der Waals surface area (Å²) in [6.07, 6.45) is 2.95. The van der Waals surface area contributed by atoms with Crippen LogP contribution in [0.4, 0.5) is 0 Å². The maximum absolute atomic E-state index is 11.8. The van der Waals surface area contributed by atoms with Crippen molar-refractivity contribution in [1.29, 1.82) is 0 Å². The predicted octanol–water partition coefficient (Wildman–Crippen LogP) is 4.03. The topological polar surface area (TPSA) is 31.2 Å². The molecule has 0 saturated heterocycles. The molecule has 0 aliphatic carbocycles. The molecule has 0 aliphatic rings. The van der Waals surface area contributed by atoms with Gasteiger partial charge in [-0.05, 0) is 12.5 Å². The first-order valence-electron chi connectivity index (χ1n) is 6.27. The average molecular weight is 371 g/mol. The molecule has 3 nitrogen and oxygen atoms in total. The molecule has 102 valence electrons. The number of benzene rings is 1. The minimum absolute atomic E-state index is 0.245. The molecule has 0 spiro atoms. The molecule has 0 bridgehead atoms. The highest BCUT2D eigenvalue weighted by Crippen LogP contribution is 2.26. The highest BCUT2D eigenvalue weighted by Gasteiger charge is 2.17. The van der Waals surface area contributed by atoms with Crippen molar-refractivity contribution >= 4 is 39.5 Å². The van der Waals surface area contributed by atoms with Crippen molar-refractivity contribution in [2.24, 2.45) is 0 Å². The van der Waals surface area contributed by atoms with Crippen molar-refractivity contribution in [2.45, 2.75) is 30.2 Å². The number of nitrogens with zero attached hydrogens (tertiary/aromatic N) is 1. The lowest BCUT2D eigenvalue weighted by atomic mass is 10.1. The summed E-state index contributed by atoms with van der Waals surface area (Å²) in [5.74, 6) is -0.274. The van der Waals surface area contributed by atoms with Gasteiger partial charge in [-0.2, -0.15) is 0 Å². The molecule has 0 fully saturated rings. The number of rotatable bonds is 4. The number of hydrogen-bond acceptors (Lipinski definition) is 2. The first kappa shape index (κ1) is 14.4. The quantitative estimate of drug-likeness (QED) is 0.462. The Kier molecular flexibility index (Phi) is 4.18. The number of methoxy groups -OCH3 is 1. The Morgan fingerprint density at radius 1 is 1.37 bits per heavy atom. The summed E-state index contributed by atoms with van der Waals surface area (Å²) in [4.78, 5) is 11.8. The van der Waals surface area contributed by atoms with Crippen LogP contribution in [-0.2, 0) is 11.3 Å². The van der Waals surface area contributed by atoms with Crippen LogP contribution < -0.4 is 0 Å². The van der Waals surface area contributed by atoms with Gasteiger partial charge in [0.1, 0.15) is 0 Å². The third-order valence-electron chi connectivity index (χ3n) is 3.14. The van der Waals surface area contributed by atoms with Gasteiger partial charge in [0.05, 0.1) is 12.7 Å². The van der Waals surface area contributed by atoms with E-state index in [0.717, 1.165) is 23.9 Å². The Bertz CT molecular complexity index is 596. The van der Waals surface area contributed by atoms with E-state index in [4.69, 9.17) is 4.74 Å². The first-order valence-corrected chi connectivity index (χ1v) is 7.35.